The zero-order valence-corrected chi connectivity index (χ0v) is 17.3. The Kier molecular flexibility index (Phi) is 3.05. The summed E-state index contributed by atoms with van der Waals surface area (Å²) >= 11 is 0. The minimum atomic E-state index is -1.19. The standard InChI is InChI=1S/C27H20N2O2/c1-17-7-5-9-21-22-10-3-4-15-28(22)27(30-25(17)21)29-16-6-8-20-14-13-19-12-11-18(2)26(31-27)23(19)24(20)29/h3-16H,1-2H3/q+2. The Morgan fingerprint density at radius 3 is 2.35 bits per heavy atom. The van der Waals surface area contributed by atoms with Gasteiger partial charge in [-0.1, -0.05) is 39.5 Å². The predicted molar refractivity (Wildman–Crippen MR) is 118 cm³/mol. The lowest BCUT2D eigenvalue weighted by Gasteiger charge is -2.31. The van der Waals surface area contributed by atoms with Crippen molar-refractivity contribution in [3.05, 3.63) is 96.3 Å². The maximum atomic E-state index is 6.90. The first-order valence-corrected chi connectivity index (χ1v) is 10.5. The lowest BCUT2D eigenvalue weighted by molar-refractivity contribution is -1.05. The summed E-state index contributed by atoms with van der Waals surface area (Å²) in [7, 11) is 0. The summed E-state index contributed by atoms with van der Waals surface area (Å²) in [4.78, 5) is 0. The van der Waals surface area contributed by atoms with Gasteiger partial charge < -0.3 is 9.47 Å². The summed E-state index contributed by atoms with van der Waals surface area (Å²) in [6.45, 7) is 4.18. The molecule has 4 heteroatoms. The number of aryl methyl sites for hydroxylation is 2. The number of nitrogens with zero attached hydrogens (tertiary/aromatic N) is 2. The topological polar surface area (TPSA) is 26.2 Å². The molecule has 0 N–H and O–H groups in total. The minimum absolute atomic E-state index is 0.849. The van der Waals surface area contributed by atoms with Crippen molar-refractivity contribution in [3.63, 3.8) is 0 Å². The van der Waals surface area contributed by atoms with Crippen LogP contribution in [0.1, 0.15) is 11.1 Å². The van der Waals surface area contributed by atoms with E-state index in [4.69, 9.17) is 9.47 Å². The Morgan fingerprint density at radius 1 is 0.645 bits per heavy atom. The fourth-order valence-electron chi connectivity index (χ4n) is 5.05. The zero-order valence-electron chi connectivity index (χ0n) is 17.3. The number of hydrogen-bond acceptors (Lipinski definition) is 2. The first-order chi connectivity index (χ1) is 15.2. The van der Waals surface area contributed by atoms with Gasteiger partial charge in [0.1, 0.15) is 0 Å². The monoisotopic (exact) mass is 404 g/mol. The summed E-state index contributed by atoms with van der Waals surface area (Å²) in [5.74, 6) is 1.72. The average Bonchev–Trinajstić information content (AvgIpc) is 2.81. The van der Waals surface area contributed by atoms with Gasteiger partial charge in [0.15, 0.2) is 23.9 Å². The Morgan fingerprint density at radius 2 is 1.42 bits per heavy atom. The van der Waals surface area contributed by atoms with E-state index in [1.807, 2.05) is 12.3 Å². The van der Waals surface area contributed by atoms with E-state index in [0.717, 1.165) is 55.6 Å². The summed E-state index contributed by atoms with van der Waals surface area (Å²) in [5, 5.41) is 3.44. The Hall–Kier alpha value is -3.92. The van der Waals surface area contributed by atoms with Gasteiger partial charge in [-0.2, -0.15) is 0 Å². The summed E-state index contributed by atoms with van der Waals surface area (Å²) < 4.78 is 18.0. The van der Waals surface area contributed by atoms with Gasteiger partial charge in [-0.05, 0) is 54.6 Å². The van der Waals surface area contributed by atoms with E-state index in [9.17, 15) is 0 Å². The second-order valence-electron chi connectivity index (χ2n) is 8.35. The van der Waals surface area contributed by atoms with E-state index < -0.39 is 6.03 Å². The molecule has 1 unspecified atom stereocenters. The fraction of sp³-hybridized carbons (Fsp3) is 0.111. The number of ether oxygens (including phenoxy) is 2. The molecule has 3 aromatic carbocycles. The number of aromatic nitrogens is 2. The summed E-state index contributed by atoms with van der Waals surface area (Å²) in [5.41, 5.74) is 5.41. The van der Waals surface area contributed by atoms with Crippen molar-refractivity contribution in [2.24, 2.45) is 0 Å². The lowest BCUT2D eigenvalue weighted by Crippen LogP contribution is -2.81. The molecular formula is C27H20N2O2+2. The number of rotatable bonds is 0. The molecule has 4 heterocycles. The molecule has 1 spiro atoms. The molecule has 0 fully saturated rings. The zero-order chi connectivity index (χ0) is 20.7. The molecule has 0 saturated heterocycles. The molecule has 7 rings (SSSR count). The van der Waals surface area contributed by atoms with Gasteiger partial charge >= 0.3 is 6.03 Å². The van der Waals surface area contributed by atoms with Crippen LogP contribution in [0.15, 0.2) is 85.2 Å². The van der Waals surface area contributed by atoms with Crippen molar-refractivity contribution < 1.29 is 18.6 Å². The molecule has 4 nitrogen and oxygen atoms in total. The van der Waals surface area contributed by atoms with Crippen LogP contribution < -0.4 is 18.6 Å². The largest absolute Gasteiger partial charge is 0.714 e. The molecule has 0 bridgehead atoms. The molecule has 2 aliphatic rings. The SMILES string of the molecule is Cc1cccc2c1OC1(Oc3c(C)ccc4ccc5ccc[n+]1c5c34)[n+]1ccccc1-2. The molecule has 5 aromatic rings. The minimum Gasteiger partial charge on any atom is -0.339 e. The number of fused-ring (bicyclic) bond motifs is 5. The molecule has 1 atom stereocenters. The van der Waals surface area contributed by atoms with Crippen molar-refractivity contribution in [1.82, 2.24) is 0 Å². The second kappa shape index (κ2) is 5.61. The van der Waals surface area contributed by atoms with Crippen LogP contribution in [-0.2, 0) is 6.03 Å². The Bertz CT molecular complexity index is 1570. The smallest absolute Gasteiger partial charge is 0.339 e. The van der Waals surface area contributed by atoms with Crippen LogP contribution in [-0.4, -0.2) is 0 Å². The first-order valence-electron chi connectivity index (χ1n) is 10.5. The molecule has 2 aromatic heterocycles. The van der Waals surface area contributed by atoms with Crippen molar-refractivity contribution >= 4 is 21.7 Å². The van der Waals surface area contributed by atoms with Crippen LogP contribution in [0.25, 0.3) is 32.9 Å². The third-order valence-electron chi connectivity index (χ3n) is 6.52. The van der Waals surface area contributed by atoms with Gasteiger partial charge in [-0.25, -0.2) is 0 Å². The Labute approximate surface area is 179 Å². The highest BCUT2D eigenvalue weighted by Gasteiger charge is 2.65. The maximum absolute atomic E-state index is 6.90. The van der Waals surface area contributed by atoms with Crippen molar-refractivity contribution in [2.75, 3.05) is 0 Å². The third kappa shape index (κ3) is 1.99. The molecule has 0 radical (unpaired) electrons. The third-order valence-corrected chi connectivity index (χ3v) is 6.52. The van der Waals surface area contributed by atoms with Gasteiger partial charge in [0.05, 0.1) is 10.9 Å². The van der Waals surface area contributed by atoms with Crippen LogP contribution >= 0.6 is 0 Å². The molecule has 0 aliphatic carbocycles. The highest BCUT2D eigenvalue weighted by Crippen LogP contribution is 2.43. The molecular weight excluding hydrogens is 384 g/mol. The van der Waals surface area contributed by atoms with Crippen molar-refractivity contribution in [3.8, 4) is 22.8 Å². The van der Waals surface area contributed by atoms with E-state index in [0.29, 0.717) is 0 Å². The first kappa shape index (κ1) is 16.8. The molecule has 31 heavy (non-hydrogen) atoms. The van der Waals surface area contributed by atoms with Gasteiger partial charge in [0, 0.05) is 23.6 Å². The van der Waals surface area contributed by atoms with Crippen LogP contribution in [0.4, 0.5) is 0 Å². The van der Waals surface area contributed by atoms with Crippen molar-refractivity contribution in [1.29, 1.82) is 0 Å². The second-order valence-corrected chi connectivity index (χ2v) is 8.35. The number of hydrogen-bond donors (Lipinski definition) is 0. The van der Waals surface area contributed by atoms with Gasteiger partial charge in [-0.15, -0.1) is 0 Å². The fourth-order valence-corrected chi connectivity index (χ4v) is 5.05. The van der Waals surface area contributed by atoms with Gasteiger partial charge in [-0.3, -0.25) is 0 Å². The lowest BCUT2D eigenvalue weighted by atomic mass is 10.00. The quantitative estimate of drug-likeness (QED) is 0.275. The van der Waals surface area contributed by atoms with E-state index in [1.54, 1.807) is 0 Å². The van der Waals surface area contributed by atoms with Crippen LogP contribution in [0, 0.1) is 13.8 Å². The highest BCUT2D eigenvalue weighted by molar-refractivity contribution is 6.07. The van der Waals surface area contributed by atoms with Crippen LogP contribution in [0.3, 0.4) is 0 Å². The normalized spacial score (nSPS) is 18.0. The van der Waals surface area contributed by atoms with E-state index in [-0.39, 0.29) is 0 Å². The van der Waals surface area contributed by atoms with E-state index in [2.05, 4.69) is 95.9 Å². The number of pyridine rings is 2. The summed E-state index contributed by atoms with van der Waals surface area (Å²) in [6.07, 6.45) is 4.09. The molecule has 2 aliphatic heterocycles. The van der Waals surface area contributed by atoms with Gasteiger partial charge in [0.2, 0.25) is 11.2 Å². The van der Waals surface area contributed by atoms with Gasteiger partial charge in [0.25, 0.3) is 0 Å². The molecule has 0 saturated carbocycles. The van der Waals surface area contributed by atoms with Crippen molar-refractivity contribution in [2.45, 2.75) is 19.9 Å². The predicted octanol–water partition coefficient (Wildman–Crippen LogP) is 4.75. The average molecular weight is 404 g/mol. The van der Waals surface area contributed by atoms with E-state index in [1.165, 1.54) is 0 Å². The summed E-state index contributed by atoms with van der Waals surface area (Å²) in [6, 6.07) is 24.1. The highest BCUT2D eigenvalue weighted by atomic mass is 16.7. The van der Waals surface area contributed by atoms with E-state index >= 15 is 0 Å². The maximum Gasteiger partial charge on any atom is 0.714 e. The number of para-hydroxylation sites is 1. The van der Waals surface area contributed by atoms with Crippen LogP contribution in [0.5, 0.6) is 11.5 Å². The Balaban J connectivity index is 1.68. The van der Waals surface area contributed by atoms with Crippen LogP contribution in [0.2, 0.25) is 0 Å². The molecule has 148 valence electrons. The number of benzene rings is 3. The molecule has 0 amide bonds.